The van der Waals surface area contributed by atoms with Crippen molar-refractivity contribution in [2.45, 2.75) is 6.54 Å². The smallest absolute Gasteiger partial charge is 0.146 e. The van der Waals surface area contributed by atoms with Crippen LogP contribution in [0.25, 0.3) is 0 Å². The van der Waals surface area contributed by atoms with Crippen LogP contribution in [0.3, 0.4) is 0 Å². The first-order valence-corrected chi connectivity index (χ1v) is 7.18. The van der Waals surface area contributed by atoms with E-state index in [0.29, 0.717) is 5.69 Å². The maximum atomic E-state index is 13.4. The van der Waals surface area contributed by atoms with E-state index in [0.717, 1.165) is 51.4 Å². The van der Waals surface area contributed by atoms with E-state index < -0.39 is 0 Å². The van der Waals surface area contributed by atoms with Gasteiger partial charge in [-0.25, -0.2) is 4.39 Å². The Kier molecular flexibility index (Phi) is 5.34. The lowest BCUT2D eigenvalue weighted by molar-refractivity contribution is 0.120. The van der Waals surface area contributed by atoms with E-state index >= 15 is 0 Å². The van der Waals surface area contributed by atoms with E-state index in [2.05, 4.69) is 28.8 Å². The predicted octanol–water partition coefficient (Wildman–Crippen LogP) is 1.09. The van der Waals surface area contributed by atoms with Gasteiger partial charge in [-0.3, -0.25) is 9.80 Å². The molecule has 2 N–H and O–H groups in total. The Bertz CT molecular complexity index is 428. The molecular weight excluding hydrogens is 255 g/mol. The van der Waals surface area contributed by atoms with Crippen LogP contribution in [0.5, 0.6) is 0 Å². The van der Waals surface area contributed by atoms with E-state index in [1.54, 1.807) is 6.07 Å². The molecular formula is C15H25FN4. The second-order valence-corrected chi connectivity index (χ2v) is 5.73. The summed E-state index contributed by atoms with van der Waals surface area (Å²) in [4.78, 5) is 7.03. The molecule has 112 valence electrons. The molecule has 1 aliphatic heterocycles. The van der Waals surface area contributed by atoms with Crippen molar-refractivity contribution in [3.05, 3.63) is 29.6 Å². The molecule has 0 radical (unpaired) electrons. The Balaban J connectivity index is 1.81. The standard InChI is InChI=1S/C15H25FN4/c1-18(2)6-7-19-8-10-20(11-9-19)12-13-4-3-5-14(16)15(13)17/h3-5H,6-12,17H2,1-2H3. The molecule has 0 unspecified atom stereocenters. The van der Waals surface area contributed by atoms with Crippen LogP contribution < -0.4 is 5.73 Å². The van der Waals surface area contributed by atoms with Crippen LogP contribution in [0.1, 0.15) is 5.56 Å². The highest BCUT2D eigenvalue weighted by molar-refractivity contribution is 5.47. The van der Waals surface area contributed by atoms with Crippen molar-refractivity contribution in [3.8, 4) is 0 Å². The van der Waals surface area contributed by atoms with Gasteiger partial charge < -0.3 is 10.6 Å². The second kappa shape index (κ2) is 7.02. The Morgan fingerprint density at radius 3 is 2.45 bits per heavy atom. The Morgan fingerprint density at radius 2 is 1.80 bits per heavy atom. The molecule has 0 spiro atoms. The molecule has 4 nitrogen and oxygen atoms in total. The van der Waals surface area contributed by atoms with Gasteiger partial charge in [0.2, 0.25) is 0 Å². The third kappa shape index (κ3) is 4.16. The summed E-state index contributed by atoms with van der Waals surface area (Å²) in [7, 11) is 4.20. The number of halogens is 1. The molecule has 2 rings (SSSR count). The lowest BCUT2D eigenvalue weighted by Crippen LogP contribution is -2.47. The van der Waals surface area contributed by atoms with Crippen LogP contribution in [-0.4, -0.2) is 68.1 Å². The first-order valence-electron chi connectivity index (χ1n) is 7.18. The molecule has 0 aromatic heterocycles. The first kappa shape index (κ1) is 15.2. The van der Waals surface area contributed by atoms with Crippen molar-refractivity contribution >= 4 is 5.69 Å². The van der Waals surface area contributed by atoms with Gasteiger partial charge in [0.1, 0.15) is 5.82 Å². The van der Waals surface area contributed by atoms with Crippen LogP contribution >= 0.6 is 0 Å². The van der Waals surface area contributed by atoms with Crippen molar-refractivity contribution in [1.82, 2.24) is 14.7 Å². The maximum Gasteiger partial charge on any atom is 0.146 e. The summed E-state index contributed by atoms with van der Waals surface area (Å²) in [5.74, 6) is -0.313. The molecule has 0 saturated carbocycles. The minimum Gasteiger partial charge on any atom is -0.396 e. The number of nitrogen functional groups attached to an aromatic ring is 1. The SMILES string of the molecule is CN(C)CCN1CCN(Cc2cccc(F)c2N)CC1. The van der Waals surface area contributed by atoms with Gasteiger partial charge >= 0.3 is 0 Å². The van der Waals surface area contributed by atoms with Gasteiger partial charge in [0.25, 0.3) is 0 Å². The highest BCUT2D eigenvalue weighted by Gasteiger charge is 2.17. The number of para-hydroxylation sites is 1. The molecule has 1 aromatic carbocycles. The van der Waals surface area contributed by atoms with Gasteiger partial charge in [-0.1, -0.05) is 12.1 Å². The van der Waals surface area contributed by atoms with Gasteiger partial charge in [0, 0.05) is 45.8 Å². The third-order valence-electron chi connectivity index (χ3n) is 3.87. The number of anilines is 1. The molecule has 0 amide bonds. The van der Waals surface area contributed by atoms with Gasteiger partial charge in [-0.15, -0.1) is 0 Å². The highest BCUT2D eigenvalue weighted by atomic mass is 19.1. The second-order valence-electron chi connectivity index (χ2n) is 5.73. The van der Waals surface area contributed by atoms with E-state index in [1.165, 1.54) is 6.07 Å². The summed E-state index contributed by atoms with van der Waals surface area (Å²) in [6, 6.07) is 5.06. The zero-order valence-electron chi connectivity index (χ0n) is 12.5. The van der Waals surface area contributed by atoms with Gasteiger partial charge in [0.05, 0.1) is 5.69 Å². The number of benzene rings is 1. The van der Waals surface area contributed by atoms with Crippen molar-refractivity contribution in [2.24, 2.45) is 0 Å². The maximum absolute atomic E-state index is 13.4. The van der Waals surface area contributed by atoms with Crippen molar-refractivity contribution in [2.75, 3.05) is 59.1 Å². The zero-order chi connectivity index (χ0) is 14.5. The van der Waals surface area contributed by atoms with E-state index in [9.17, 15) is 4.39 Å². The third-order valence-corrected chi connectivity index (χ3v) is 3.87. The summed E-state index contributed by atoms with van der Waals surface area (Å²) in [6.45, 7) is 7.13. The van der Waals surface area contributed by atoms with Crippen LogP contribution in [0.2, 0.25) is 0 Å². The summed E-state index contributed by atoms with van der Waals surface area (Å²) in [5, 5.41) is 0. The number of piperazine rings is 1. The Labute approximate surface area is 120 Å². The molecule has 1 saturated heterocycles. The molecule has 0 atom stereocenters. The van der Waals surface area contributed by atoms with E-state index in [1.807, 2.05) is 6.07 Å². The minimum atomic E-state index is -0.313. The van der Waals surface area contributed by atoms with E-state index in [4.69, 9.17) is 5.73 Å². The fraction of sp³-hybridized carbons (Fsp3) is 0.600. The molecule has 1 aliphatic rings. The average molecular weight is 280 g/mol. The largest absolute Gasteiger partial charge is 0.396 e. The predicted molar refractivity (Wildman–Crippen MR) is 81.1 cm³/mol. The molecule has 1 heterocycles. The number of hydrogen-bond donors (Lipinski definition) is 1. The highest BCUT2D eigenvalue weighted by Crippen LogP contribution is 2.18. The topological polar surface area (TPSA) is 35.7 Å². The summed E-state index contributed by atoms with van der Waals surface area (Å²) >= 11 is 0. The molecule has 0 bridgehead atoms. The fourth-order valence-electron chi connectivity index (χ4n) is 2.47. The van der Waals surface area contributed by atoms with Crippen LogP contribution in [-0.2, 0) is 6.54 Å². The number of hydrogen-bond acceptors (Lipinski definition) is 4. The Hall–Kier alpha value is -1.17. The molecule has 20 heavy (non-hydrogen) atoms. The summed E-state index contributed by atoms with van der Waals surface area (Å²) in [6.07, 6.45) is 0. The molecule has 1 aromatic rings. The number of nitrogens with zero attached hydrogens (tertiary/aromatic N) is 3. The van der Waals surface area contributed by atoms with Crippen molar-refractivity contribution in [3.63, 3.8) is 0 Å². The van der Waals surface area contributed by atoms with Crippen molar-refractivity contribution in [1.29, 1.82) is 0 Å². The quantitative estimate of drug-likeness (QED) is 0.819. The number of nitrogens with two attached hydrogens (primary N) is 1. The summed E-state index contributed by atoms with van der Waals surface area (Å²) in [5.41, 5.74) is 6.98. The number of likely N-dealkylation sites (N-methyl/N-ethyl adjacent to an activating group) is 1. The van der Waals surface area contributed by atoms with Crippen LogP contribution in [0.4, 0.5) is 10.1 Å². The summed E-state index contributed by atoms with van der Waals surface area (Å²) < 4.78 is 13.4. The Morgan fingerprint density at radius 1 is 1.15 bits per heavy atom. The van der Waals surface area contributed by atoms with Gasteiger partial charge in [0.15, 0.2) is 0 Å². The molecule has 0 aliphatic carbocycles. The fourth-order valence-corrected chi connectivity index (χ4v) is 2.47. The monoisotopic (exact) mass is 280 g/mol. The average Bonchev–Trinajstić information content (AvgIpc) is 2.43. The van der Waals surface area contributed by atoms with Gasteiger partial charge in [-0.05, 0) is 25.7 Å². The minimum absolute atomic E-state index is 0.294. The van der Waals surface area contributed by atoms with Gasteiger partial charge in [-0.2, -0.15) is 0 Å². The van der Waals surface area contributed by atoms with E-state index in [-0.39, 0.29) is 5.82 Å². The lowest BCUT2D eigenvalue weighted by Gasteiger charge is -2.35. The molecule has 5 heteroatoms. The molecule has 1 fully saturated rings. The van der Waals surface area contributed by atoms with Crippen LogP contribution in [0.15, 0.2) is 18.2 Å². The number of rotatable bonds is 5. The zero-order valence-corrected chi connectivity index (χ0v) is 12.5. The lowest BCUT2D eigenvalue weighted by atomic mass is 10.1. The first-order chi connectivity index (χ1) is 9.56. The van der Waals surface area contributed by atoms with Crippen molar-refractivity contribution < 1.29 is 4.39 Å². The normalized spacial score (nSPS) is 17.8. The van der Waals surface area contributed by atoms with Crippen LogP contribution in [0, 0.1) is 5.82 Å².